The Bertz CT molecular complexity index is 102. The van der Waals surface area contributed by atoms with Gasteiger partial charge in [-0.3, -0.25) is 0 Å². The van der Waals surface area contributed by atoms with Crippen LogP contribution < -0.4 is 0 Å². The Morgan fingerprint density at radius 1 is 1.27 bits per heavy atom. The van der Waals surface area contributed by atoms with E-state index in [1.165, 1.54) is 19.3 Å². The second kappa shape index (κ2) is 4.70. The van der Waals surface area contributed by atoms with Crippen LogP contribution >= 0.6 is 0 Å². The number of rotatable bonds is 3. The predicted octanol–water partition coefficient (Wildman–Crippen LogP) is 0.311. The lowest BCUT2D eigenvalue weighted by molar-refractivity contribution is -0.0259. The molecule has 0 saturated carbocycles. The summed E-state index contributed by atoms with van der Waals surface area (Å²) >= 11 is 0. The van der Waals surface area contributed by atoms with Gasteiger partial charge in [-0.05, 0) is 12.8 Å². The minimum atomic E-state index is 0.257. The molecule has 0 unspecified atom stereocenters. The van der Waals surface area contributed by atoms with Gasteiger partial charge < -0.3 is 5.11 Å². The third-order valence-electron chi connectivity index (χ3n) is 2.24. The molecule has 11 heavy (non-hydrogen) atoms. The fourth-order valence-corrected chi connectivity index (χ4v) is 1.50. The molecule has 0 aliphatic carbocycles. The summed E-state index contributed by atoms with van der Waals surface area (Å²) in [5.74, 6) is 0. The number of likely N-dealkylation sites (N-methyl/N-ethyl adjacent to an activating group) is 1. The van der Waals surface area contributed by atoms with Crippen molar-refractivity contribution in [1.82, 2.24) is 10.0 Å². The Balaban J connectivity index is 2.21. The van der Waals surface area contributed by atoms with Crippen molar-refractivity contribution >= 4 is 0 Å². The molecule has 1 fully saturated rings. The maximum absolute atomic E-state index is 8.70. The zero-order valence-electron chi connectivity index (χ0n) is 7.29. The van der Waals surface area contributed by atoms with Gasteiger partial charge in [-0.2, -0.15) is 0 Å². The van der Waals surface area contributed by atoms with Crippen LogP contribution in [0.5, 0.6) is 0 Å². The monoisotopic (exact) mass is 158 g/mol. The van der Waals surface area contributed by atoms with E-state index in [9.17, 15) is 0 Å². The lowest BCUT2D eigenvalue weighted by Gasteiger charge is -2.34. The summed E-state index contributed by atoms with van der Waals surface area (Å²) in [7, 11) is 2.04. The molecule has 1 aliphatic heterocycles. The molecule has 1 rings (SSSR count). The highest BCUT2D eigenvalue weighted by Crippen LogP contribution is 2.09. The van der Waals surface area contributed by atoms with Gasteiger partial charge in [0.05, 0.1) is 6.61 Å². The van der Waals surface area contributed by atoms with Gasteiger partial charge in [0.1, 0.15) is 0 Å². The van der Waals surface area contributed by atoms with Crippen molar-refractivity contribution in [2.45, 2.75) is 19.3 Å². The van der Waals surface area contributed by atoms with E-state index in [0.29, 0.717) is 0 Å². The fraction of sp³-hybridized carbons (Fsp3) is 1.00. The summed E-state index contributed by atoms with van der Waals surface area (Å²) in [4.78, 5) is 0. The van der Waals surface area contributed by atoms with Crippen molar-refractivity contribution in [3.8, 4) is 0 Å². The highest BCUT2D eigenvalue weighted by Gasteiger charge is 2.13. The van der Waals surface area contributed by atoms with Crippen LogP contribution in [-0.2, 0) is 0 Å². The summed E-state index contributed by atoms with van der Waals surface area (Å²) in [6.07, 6.45) is 3.97. The van der Waals surface area contributed by atoms with Gasteiger partial charge in [0.2, 0.25) is 0 Å². The lowest BCUT2D eigenvalue weighted by Crippen LogP contribution is -2.44. The van der Waals surface area contributed by atoms with Crippen LogP contribution in [0.25, 0.3) is 0 Å². The SMILES string of the molecule is CN(CCO)N1CCCCC1. The number of piperidine rings is 1. The molecule has 66 valence electrons. The Kier molecular flexibility index (Phi) is 3.83. The van der Waals surface area contributed by atoms with Crippen LogP contribution in [0.3, 0.4) is 0 Å². The topological polar surface area (TPSA) is 26.7 Å². The van der Waals surface area contributed by atoms with E-state index in [1.54, 1.807) is 0 Å². The Morgan fingerprint density at radius 2 is 1.91 bits per heavy atom. The highest BCUT2D eigenvalue weighted by molar-refractivity contribution is 4.61. The molecule has 0 bridgehead atoms. The molecule has 3 nitrogen and oxygen atoms in total. The average molecular weight is 158 g/mol. The van der Waals surface area contributed by atoms with E-state index >= 15 is 0 Å². The van der Waals surface area contributed by atoms with Crippen molar-refractivity contribution in [3.63, 3.8) is 0 Å². The van der Waals surface area contributed by atoms with E-state index in [1.807, 2.05) is 7.05 Å². The molecule has 3 heteroatoms. The second-order valence-corrected chi connectivity index (χ2v) is 3.12. The number of hydrogen-bond donors (Lipinski definition) is 1. The number of hydrogen-bond acceptors (Lipinski definition) is 3. The van der Waals surface area contributed by atoms with E-state index < -0.39 is 0 Å². The van der Waals surface area contributed by atoms with Gasteiger partial charge in [-0.25, -0.2) is 10.0 Å². The first-order chi connectivity index (χ1) is 5.34. The third-order valence-corrected chi connectivity index (χ3v) is 2.24. The first-order valence-corrected chi connectivity index (χ1v) is 4.41. The van der Waals surface area contributed by atoms with Crippen molar-refractivity contribution in [1.29, 1.82) is 0 Å². The molecule has 1 saturated heterocycles. The largest absolute Gasteiger partial charge is 0.395 e. The molecule has 1 heterocycles. The summed E-state index contributed by atoms with van der Waals surface area (Å²) in [6, 6.07) is 0. The van der Waals surface area contributed by atoms with Crippen LogP contribution in [0.1, 0.15) is 19.3 Å². The molecule has 0 spiro atoms. The fourth-order valence-electron chi connectivity index (χ4n) is 1.50. The van der Waals surface area contributed by atoms with Gasteiger partial charge in [0.15, 0.2) is 0 Å². The van der Waals surface area contributed by atoms with E-state index in [-0.39, 0.29) is 6.61 Å². The zero-order valence-corrected chi connectivity index (χ0v) is 7.29. The van der Waals surface area contributed by atoms with E-state index in [4.69, 9.17) is 5.11 Å². The van der Waals surface area contributed by atoms with Gasteiger partial charge in [0, 0.05) is 26.7 Å². The quantitative estimate of drug-likeness (QED) is 0.640. The molecule has 1 N–H and O–H groups in total. The summed E-state index contributed by atoms with van der Waals surface area (Å²) in [5, 5.41) is 13.1. The van der Waals surface area contributed by atoms with Gasteiger partial charge in [-0.1, -0.05) is 6.42 Å². The maximum Gasteiger partial charge on any atom is 0.0572 e. The van der Waals surface area contributed by atoms with Crippen LogP contribution in [0.2, 0.25) is 0 Å². The number of nitrogens with zero attached hydrogens (tertiary/aromatic N) is 2. The number of hydrazine groups is 1. The Morgan fingerprint density at radius 3 is 2.45 bits per heavy atom. The van der Waals surface area contributed by atoms with Crippen LogP contribution in [-0.4, -0.2) is 48.4 Å². The normalized spacial score (nSPS) is 21.0. The predicted molar refractivity (Wildman–Crippen MR) is 45.1 cm³/mol. The van der Waals surface area contributed by atoms with E-state index in [0.717, 1.165) is 19.6 Å². The summed E-state index contributed by atoms with van der Waals surface area (Å²) < 4.78 is 0. The average Bonchev–Trinajstić information content (AvgIpc) is 2.07. The molecular weight excluding hydrogens is 140 g/mol. The molecule has 0 aromatic heterocycles. The van der Waals surface area contributed by atoms with Crippen molar-refractivity contribution in [2.75, 3.05) is 33.3 Å². The lowest BCUT2D eigenvalue weighted by atomic mass is 10.2. The minimum Gasteiger partial charge on any atom is -0.395 e. The number of aliphatic hydroxyl groups excluding tert-OH is 1. The molecule has 0 atom stereocenters. The molecule has 0 aromatic carbocycles. The highest BCUT2D eigenvalue weighted by atomic mass is 16.3. The molecule has 0 aromatic rings. The van der Waals surface area contributed by atoms with Gasteiger partial charge >= 0.3 is 0 Å². The molecule has 0 amide bonds. The van der Waals surface area contributed by atoms with Crippen molar-refractivity contribution in [3.05, 3.63) is 0 Å². The minimum absolute atomic E-state index is 0.257. The van der Waals surface area contributed by atoms with Crippen LogP contribution in [0.4, 0.5) is 0 Å². The van der Waals surface area contributed by atoms with Crippen LogP contribution in [0, 0.1) is 0 Å². The maximum atomic E-state index is 8.70. The van der Waals surface area contributed by atoms with Crippen molar-refractivity contribution < 1.29 is 5.11 Å². The third kappa shape index (κ3) is 2.77. The first kappa shape index (κ1) is 8.97. The smallest absolute Gasteiger partial charge is 0.0572 e. The Hall–Kier alpha value is -0.120. The van der Waals surface area contributed by atoms with E-state index in [2.05, 4.69) is 10.0 Å². The summed E-state index contributed by atoms with van der Waals surface area (Å²) in [6.45, 7) is 3.35. The standard InChI is InChI=1S/C8H18N2O/c1-9(7-8-11)10-5-3-2-4-6-10/h11H,2-8H2,1H3. The molecule has 0 radical (unpaired) electrons. The number of aliphatic hydroxyl groups is 1. The Labute approximate surface area is 68.6 Å². The summed E-state index contributed by atoms with van der Waals surface area (Å²) in [5.41, 5.74) is 0. The van der Waals surface area contributed by atoms with Gasteiger partial charge in [0.25, 0.3) is 0 Å². The molecule has 1 aliphatic rings. The second-order valence-electron chi connectivity index (χ2n) is 3.12. The van der Waals surface area contributed by atoms with Crippen LogP contribution in [0.15, 0.2) is 0 Å². The van der Waals surface area contributed by atoms with Gasteiger partial charge in [-0.15, -0.1) is 0 Å². The zero-order chi connectivity index (χ0) is 8.10. The molecular formula is C8H18N2O. The first-order valence-electron chi connectivity index (χ1n) is 4.41. The van der Waals surface area contributed by atoms with Crippen molar-refractivity contribution in [2.24, 2.45) is 0 Å².